The number of nitrogens with zero attached hydrogens (tertiary/aromatic N) is 2. The van der Waals surface area contributed by atoms with Gasteiger partial charge in [0.15, 0.2) is 0 Å². The van der Waals surface area contributed by atoms with Gasteiger partial charge in [0.2, 0.25) is 5.91 Å². The number of carbonyl (C=O) groups is 1. The number of rotatable bonds is 3. The smallest absolute Gasteiger partial charge is 0.261 e. The van der Waals surface area contributed by atoms with Gasteiger partial charge in [0.05, 0.1) is 17.2 Å². The van der Waals surface area contributed by atoms with Gasteiger partial charge in [0, 0.05) is 6.04 Å². The second-order valence-corrected chi connectivity index (χ2v) is 5.29. The Kier molecular flexibility index (Phi) is 5.51. The number of hydrogen-bond acceptors (Lipinski definition) is 4. The van der Waals surface area contributed by atoms with Crippen molar-refractivity contribution in [2.45, 2.75) is 25.4 Å². The lowest BCUT2D eigenvalue weighted by Gasteiger charge is -2.23. The number of carbonyl (C=O) groups excluding carboxylic acids is 1. The normalized spacial score (nSPS) is 15.3. The molecule has 1 fully saturated rings. The van der Waals surface area contributed by atoms with Crippen molar-refractivity contribution < 1.29 is 4.79 Å². The maximum Gasteiger partial charge on any atom is 0.261 e. The third-order valence-corrected chi connectivity index (χ3v) is 3.75. The molecule has 3 rings (SSSR count). The second kappa shape index (κ2) is 7.38. The number of piperidine rings is 1. The van der Waals surface area contributed by atoms with Crippen molar-refractivity contribution in [1.29, 1.82) is 0 Å². The highest BCUT2D eigenvalue weighted by atomic mass is 35.5. The maximum atomic E-state index is 12.3. The Morgan fingerprint density at radius 2 is 2.05 bits per heavy atom. The molecule has 1 aliphatic heterocycles. The van der Waals surface area contributed by atoms with Gasteiger partial charge in [-0.3, -0.25) is 14.2 Å². The third-order valence-electron chi connectivity index (χ3n) is 3.75. The maximum absolute atomic E-state index is 12.3. The standard InChI is InChI=1S/C15H18N4O2.ClH/c20-14(18-11-5-7-16-8-6-11)9-19-10-17-13-4-2-1-3-12(13)15(19)21;/h1-4,10-11,16H,5-9H2,(H,18,20);1H. The number of benzene rings is 1. The van der Waals surface area contributed by atoms with Gasteiger partial charge in [0.25, 0.3) is 5.56 Å². The van der Waals surface area contributed by atoms with Crippen LogP contribution in [0.5, 0.6) is 0 Å². The Morgan fingerprint density at radius 1 is 1.32 bits per heavy atom. The zero-order valence-corrected chi connectivity index (χ0v) is 12.9. The zero-order valence-electron chi connectivity index (χ0n) is 12.1. The highest BCUT2D eigenvalue weighted by Gasteiger charge is 2.16. The van der Waals surface area contributed by atoms with E-state index in [1.54, 1.807) is 18.2 Å². The van der Waals surface area contributed by atoms with E-state index in [1.807, 2.05) is 6.07 Å². The number of fused-ring (bicyclic) bond motifs is 1. The molecule has 1 aliphatic rings. The summed E-state index contributed by atoms with van der Waals surface area (Å²) in [5.74, 6) is -0.138. The molecule has 1 aromatic heterocycles. The average molecular weight is 323 g/mol. The molecule has 0 atom stereocenters. The summed E-state index contributed by atoms with van der Waals surface area (Å²) in [5.41, 5.74) is 0.471. The summed E-state index contributed by atoms with van der Waals surface area (Å²) in [6.45, 7) is 1.85. The van der Waals surface area contributed by atoms with Crippen molar-refractivity contribution in [3.05, 3.63) is 40.9 Å². The molecule has 22 heavy (non-hydrogen) atoms. The molecule has 0 bridgehead atoms. The van der Waals surface area contributed by atoms with E-state index in [2.05, 4.69) is 15.6 Å². The van der Waals surface area contributed by atoms with Gasteiger partial charge in [-0.1, -0.05) is 12.1 Å². The Bertz CT molecular complexity index is 710. The van der Waals surface area contributed by atoms with Crippen LogP contribution in [-0.2, 0) is 11.3 Å². The first-order valence-corrected chi connectivity index (χ1v) is 7.18. The summed E-state index contributed by atoms with van der Waals surface area (Å²) in [5, 5.41) is 6.76. The molecule has 7 heteroatoms. The van der Waals surface area contributed by atoms with Crippen molar-refractivity contribution in [3.63, 3.8) is 0 Å². The van der Waals surface area contributed by atoms with Gasteiger partial charge in [-0.25, -0.2) is 4.98 Å². The second-order valence-electron chi connectivity index (χ2n) is 5.29. The number of amides is 1. The van der Waals surface area contributed by atoms with Gasteiger partial charge in [0.1, 0.15) is 6.54 Å². The molecular formula is C15H19ClN4O2. The van der Waals surface area contributed by atoms with Crippen LogP contribution in [0.3, 0.4) is 0 Å². The number of halogens is 1. The number of hydrogen-bond donors (Lipinski definition) is 2. The van der Waals surface area contributed by atoms with Crippen molar-refractivity contribution in [2.75, 3.05) is 13.1 Å². The summed E-state index contributed by atoms with van der Waals surface area (Å²) in [4.78, 5) is 28.6. The van der Waals surface area contributed by atoms with Crippen LogP contribution in [0.25, 0.3) is 10.9 Å². The molecule has 1 saturated heterocycles. The monoisotopic (exact) mass is 322 g/mol. The molecule has 2 N–H and O–H groups in total. The highest BCUT2D eigenvalue weighted by Crippen LogP contribution is 2.05. The lowest BCUT2D eigenvalue weighted by molar-refractivity contribution is -0.122. The van der Waals surface area contributed by atoms with Crippen LogP contribution in [-0.4, -0.2) is 34.6 Å². The Morgan fingerprint density at radius 3 is 2.82 bits per heavy atom. The van der Waals surface area contributed by atoms with Crippen LogP contribution in [0.15, 0.2) is 35.4 Å². The van der Waals surface area contributed by atoms with Crippen molar-refractivity contribution in [2.24, 2.45) is 0 Å². The van der Waals surface area contributed by atoms with Crippen LogP contribution in [0, 0.1) is 0 Å². The molecule has 6 nitrogen and oxygen atoms in total. The highest BCUT2D eigenvalue weighted by molar-refractivity contribution is 5.85. The number of nitrogens with one attached hydrogen (secondary N) is 2. The Balaban J connectivity index is 0.00000176. The summed E-state index contributed by atoms with van der Waals surface area (Å²) in [7, 11) is 0. The lowest BCUT2D eigenvalue weighted by Crippen LogP contribution is -2.44. The molecule has 0 unspecified atom stereocenters. The van der Waals surface area contributed by atoms with Crippen LogP contribution in [0.2, 0.25) is 0 Å². The van der Waals surface area contributed by atoms with Crippen LogP contribution in [0.1, 0.15) is 12.8 Å². The fraction of sp³-hybridized carbons (Fsp3) is 0.400. The molecule has 118 valence electrons. The molecule has 1 aromatic carbocycles. The van der Waals surface area contributed by atoms with E-state index < -0.39 is 0 Å². The predicted octanol–water partition coefficient (Wildman–Crippen LogP) is 0.686. The molecule has 2 heterocycles. The van der Waals surface area contributed by atoms with Gasteiger partial charge >= 0.3 is 0 Å². The molecule has 0 radical (unpaired) electrons. The van der Waals surface area contributed by atoms with Crippen molar-refractivity contribution in [1.82, 2.24) is 20.2 Å². The van der Waals surface area contributed by atoms with E-state index >= 15 is 0 Å². The Hall–Kier alpha value is -1.92. The van der Waals surface area contributed by atoms with Gasteiger partial charge < -0.3 is 10.6 Å². The third kappa shape index (κ3) is 3.64. The van der Waals surface area contributed by atoms with E-state index in [-0.39, 0.29) is 36.5 Å². The SMILES string of the molecule is Cl.O=C(Cn1cnc2ccccc2c1=O)NC1CCNCC1. The Labute approximate surface area is 134 Å². The van der Waals surface area contributed by atoms with E-state index in [0.29, 0.717) is 10.9 Å². The minimum atomic E-state index is -0.180. The fourth-order valence-electron chi connectivity index (χ4n) is 2.61. The summed E-state index contributed by atoms with van der Waals surface area (Å²) < 4.78 is 1.36. The molecular weight excluding hydrogens is 304 g/mol. The zero-order chi connectivity index (χ0) is 14.7. The van der Waals surface area contributed by atoms with Crippen LogP contribution < -0.4 is 16.2 Å². The lowest BCUT2D eigenvalue weighted by atomic mass is 10.1. The largest absolute Gasteiger partial charge is 0.352 e. The van der Waals surface area contributed by atoms with E-state index in [0.717, 1.165) is 25.9 Å². The predicted molar refractivity (Wildman–Crippen MR) is 87.3 cm³/mol. The van der Waals surface area contributed by atoms with Gasteiger partial charge in [-0.2, -0.15) is 0 Å². The summed E-state index contributed by atoms with van der Waals surface area (Å²) >= 11 is 0. The van der Waals surface area contributed by atoms with Crippen molar-refractivity contribution >= 4 is 29.2 Å². The molecule has 0 spiro atoms. The molecule has 1 amide bonds. The average Bonchev–Trinajstić information content (AvgIpc) is 2.51. The van der Waals surface area contributed by atoms with Crippen LogP contribution in [0.4, 0.5) is 0 Å². The van der Waals surface area contributed by atoms with E-state index in [1.165, 1.54) is 10.9 Å². The first-order valence-electron chi connectivity index (χ1n) is 7.18. The van der Waals surface area contributed by atoms with Gasteiger partial charge in [-0.05, 0) is 38.1 Å². The summed E-state index contributed by atoms with van der Waals surface area (Å²) in [6.07, 6.45) is 3.29. The fourth-order valence-corrected chi connectivity index (χ4v) is 2.61. The topological polar surface area (TPSA) is 76.0 Å². The number of para-hydroxylation sites is 1. The van der Waals surface area contributed by atoms with Crippen LogP contribution >= 0.6 is 12.4 Å². The minimum Gasteiger partial charge on any atom is -0.352 e. The van der Waals surface area contributed by atoms with E-state index in [4.69, 9.17) is 0 Å². The van der Waals surface area contributed by atoms with Crippen molar-refractivity contribution in [3.8, 4) is 0 Å². The first kappa shape index (κ1) is 16.5. The van der Waals surface area contributed by atoms with Gasteiger partial charge in [-0.15, -0.1) is 12.4 Å². The summed E-state index contributed by atoms with van der Waals surface area (Å²) in [6, 6.07) is 7.35. The first-order chi connectivity index (χ1) is 10.2. The molecule has 2 aromatic rings. The quantitative estimate of drug-likeness (QED) is 0.871. The van der Waals surface area contributed by atoms with E-state index in [9.17, 15) is 9.59 Å². The minimum absolute atomic E-state index is 0. The molecule has 0 aliphatic carbocycles. The molecule has 0 saturated carbocycles. The number of aromatic nitrogens is 2.